The quantitative estimate of drug-likeness (QED) is 0.376. The van der Waals surface area contributed by atoms with Crippen LogP contribution in [0.5, 0.6) is 0 Å². The zero-order valence-electron chi connectivity index (χ0n) is 13.5. The number of rotatable bonds is 3. The molecule has 0 aliphatic rings. The van der Waals surface area contributed by atoms with E-state index in [1.807, 2.05) is 48.5 Å². The summed E-state index contributed by atoms with van der Waals surface area (Å²) in [5, 5.41) is 0.675. The molecule has 0 radical (unpaired) electrons. The third kappa shape index (κ3) is 3.30. The molecule has 128 valence electrons. The molecule has 4 aromatic rings. The van der Waals surface area contributed by atoms with Crippen LogP contribution < -0.4 is 0 Å². The van der Waals surface area contributed by atoms with E-state index in [4.69, 9.17) is 11.6 Å². The zero-order chi connectivity index (χ0) is 18.1. The standard InChI is InChI=1S/C21H13BrClFN2/c22-15-3-6-17(19(24)11-15)18-12-20(13-1-4-16(23)5-2-13)26-21(18)14-7-9-25-10-8-14/h1-12,26H. The van der Waals surface area contributed by atoms with Crippen LogP contribution in [0.4, 0.5) is 4.39 Å². The minimum atomic E-state index is -0.281. The Labute approximate surface area is 163 Å². The Morgan fingerprint density at radius 1 is 0.846 bits per heavy atom. The largest absolute Gasteiger partial charge is 0.354 e. The monoisotopic (exact) mass is 426 g/mol. The van der Waals surface area contributed by atoms with Crippen LogP contribution in [-0.4, -0.2) is 9.97 Å². The van der Waals surface area contributed by atoms with Crippen molar-refractivity contribution in [2.24, 2.45) is 0 Å². The number of hydrogen-bond acceptors (Lipinski definition) is 1. The highest BCUT2D eigenvalue weighted by Gasteiger charge is 2.16. The fourth-order valence-electron chi connectivity index (χ4n) is 2.91. The van der Waals surface area contributed by atoms with E-state index in [-0.39, 0.29) is 5.82 Å². The van der Waals surface area contributed by atoms with Gasteiger partial charge in [-0.05, 0) is 48.0 Å². The minimum absolute atomic E-state index is 0.281. The fraction of sp³-hybridized carbons (Fsp3) is 0. The summed E-state index contributed by atoms with van der Waals surface area (Å²) in [6, 6.07) is 18.4. The number of aromatic amines is 1. The molecule has 0 bridgehead atoms. The van der Waals surface area contributed by atoms with Gasteiger partial charge in [-0.2, -0.15) is 0 Å². The first kappa shape index (κ1) is 17.0. The van der Waals surface area contributed by atoms with Crippen LogP contribution in [0.25, 0.3) is 33.6 Å². The van der Waals surface area contributed by atoms with Gasteiger partial charge < -0.3 is 4.98 Å². The molecule has 0 aliphatic carbocycles. The van der Waals surface area contributed by atoms with Gasteiger partial charge in [-0.1, -0.05) is 45.7 Å². The van der Waals surface area contributed by atoms with Crippen molar-refractivity contribution in [2.45, 2.75) is 0 Å². The van der Waals surface area contributed by atoms with Gasteiger partial charge in [0.05, 0.1) is 5.69 Å². The van der Waals surface area contributed by atoms with E-state index in [9.17, 15) is 4.39 Å². The van der Waals surface area contributed by atoms with Crippen LogP contribution in [0.1, 0.15) is 0 Å². The van der Waals surface area contributed by atoms with Crippen LogP contribution in [0, 0.1) is 5.82 Å². The van der Waals surface area contributed by atoms with Crippen molar-refractivity contribution in [3.8, 4) is 33.6 Å². The van der Waals surface area contributed by atoms with Crippen LogP contribution >= 0.6 is 27.5 Å². The van der Waals surface area contributed by atoms with Crippen molar-refractivity contribution >= 4 is 27.5 Å². The predicted octanol–water partition coefficient (Wildman–Crippen LogP) is 6.97. The summed E-state index contributed by atoms with van der Waals surface area (Å²) >= 11 is 9.30. The summed E-state index contributed by atoms with van der Waals surface area (Å²) in [5.74, 6) is -0.281. The molecule has 0 spiro atoms. The van der Waals surface area contributed by atoms with Gasteiger partial charge in [-0.15, -0.1) is 0 Å². The Bertz CT molecular complexity index is 1060. The lowest BCUT2D eigenvalue weighted by Gasteiger charge is -2.06. The second kappa shape index (κ2) is 7.06. The van der Waals surface area contributed by atoms with Crippen LogP contribution in [0.3, 0.4) is 0 Å². The molecule has 1 N–H and O–H groups in total. The number of halogens is 3. The molecule has 0 atom stereocenters. The van der Waals surface area contributed by atoms with E-state index in [0.29, 0.717) is 15.1 Å². The van der Waals surface area contributed by atoms with Crippen molar-refractivity contribution in [3.63, 3.8) is 0 Å². The van der Waals surface area contributed by atoms with Crippen molar-refractivity contribution in [3.05, 3.63) is 88.4 Å². The Kier molecular flexibility index (Phi) is 4.62. The number of nitrogens with one attached hydrogen (secondary N) is 1. The minimum Gasteiger partial charge on any atom is -0.354 e. The molecule has 2 nitrogen and oxygen atoms in total. The Morgan fingerprint density at radius 2 is 1.58 bits per heavy atom. The van der Waals surface area contributed by atoms with Gasteiger partial charge in [-0.25, -0.2) is 4.39 Å². The number of pyridine rings is 1. The van der Waals surface area contributed by atoms with E-state index in [1.54, 1.807) is 18.5 Å². The highest BCUT2D eigenvalue weighted by molar-refractivity contribution is 9.10. The summed E-state index contributed by atoms with van der Waals surface area (Å²) in [6.07, 6.45) is 3.44. The summed E-state index contributed by atoms with van der Waals surface area (Å²) < 4.78 is 15.3. The van der Waals surface area contributed by atoms with Crippen LogP contribution in [-0.2, 0) is 0 Å². The maximum atomic E-state index is 14.6. The molecule has 0 unspecified atom stereocenters. The molecule has 2 aromatic heterocycles. The number of nitrogens with zero attached hydrogens (tertiary/aromatic N) is 1. The van der Waals surface area contributed by atoms with Gasteiger partial charge in [0.2, 0.25) is 0 Å². The van der Waals surface area contributed by atoms with Gasteiger partial charge in [0.1, 0.15) is 5.82 Å². The van der Waals surface area contributed by atoms with Crippen molar-refractivity contribution in [1.82, 2.24) is 9.97 Å². The smallest absolute Gasteiger partial charge is 0.132 e. The van der Waals surface area contributed by atoms with Crippen molar-refractivity contribution < 1.29 is 4.39 Å². The van der Waals surface area contributed by atoms with Crippen molar-refractivity contribution in [1.29, 1.82) is 0 Å². The molecule has 5 heteroatoms. The molecule has 26 heavy (non-hydrogen) atoms. The van der Waals surface area contributed by atoms with Gasteiger partial charge >= 0.3 is 0 Å². The van der Waals surface area contributed by atoms with Gasteiger partial charge in [0, 0.05) is 44.3 Å². The third-order valence-corrected chi connectivity index (χ3v) is 4.91. The fourth-order valence-corrected chi connectivity index (χ4v) is 3.37. The summed E-state index contributed by atoms with van der Waals surface area (Å²) in [4.78, 5) is 7.49. The van der Waals surface area contributed by atoms with E-state index in [0.717, 1.165) is 28.1 Å². The first-order valence-corrected chi connectivity index (χ1v) is 9.14. The Balaban J connectivity index is 1.92. The third-order valence-electron chi connectivity index (χ3n) is 4.16. The van der Waals surface area contributed by atoms with Gasteiger partial charge in [0.25, 0.3) is 0 Å². The topological polar surface area (TPSA) is 28.7 Å². The van der Waals surface area contributed by atoms with Crippen LogP contribution in [0.15, 0.2) is 77.5 Å². The molecule has 0 amide bonds. The first-order valence-electron chi connectivity index (χ1n) is 7.96. The van der Waals surface area contributed by atoms with Gasteiger partial charge in [-0.3, -0.25) is 4.98 Å². The molecule has 0 saturated heterocycles. The number of H-pyrrole nitrogens is 1. The lowest BCUT2D eigenvalue weighted by molar-refractivity contribution is 0.630. The average Bonchev–Trinajstić information content (AvgIpc) is 3.08. The molecule has 2 aromatic carbocycles. The lowest BCUT2D eigenvalue weighted by Crippen LogP contribution is -1.87. The molecule has 0 saturated carbocycles. The number of aromatic nitrogens is 2. The second-order valence-electron chi connectivity index (χ2n) is 5.84. The number of hydrogen-bond donors (Lipinski definition) is 1. The maximum Gasteiger partial charge on any atom is 0.132 e. The summed E-state index contributed by atoms with van der Waals surface area (Å²) in [6.45, 7) is 0. The molecule has 4 rings (SSSR count). The van der Waals surface area contributed by atoms with Gasteiger partial charge in [0.15, 0.2) is 0 Å². The van der Waals surface area contributed by atoms with Crippen molar-refractivity contribution in [2.75, 3.05) is 0 Å². The normalized spacial score (nSPS) is 10.9. The summed E-state index contributed by atoms with van der Waals surface area (Å²) in [5.41, 5.74) is 5.00. The Morgan fingerprint density at radius 3 is 2.27 bits per heavy atom. The SMILES string of the molecule is Fc1cc(Br)ccc1-c1cc(-c2ccc(Cl)cc2)[nH]c1-c1ccncc1. The average molecular weight is 428 g/mol. The first-order chi connectivity index (χ1) is 12.6. The predicted molar refractivity (Wildman–Crippen MR) is 108 cm³/mol. The zero-order valence-corrected chi connectivity index (χ0v) is 15.9. The molecule has 0 fully saturated rings. The van der Waals surface area contributed by atoms with E-state index < -0.39 is 0 Å². The number of benzene rings is 2. The Hall–Kier alpha value is -2.43. The van der Waals surface area contributed by atoms with Crippen LogP contribution in [0.2, 0.25) is 5.02 Å². The maximum absolute atomic E-state index is 14.6. The highest BCUT2D eigenvalue weighted by Crippen LogP contribution is 2.37. The second-order valence-corrected chi connectivity index (χ2v) is 7.19. The van der Waals surface area contributed by atoms with E-state index in [2.05, 4.69) is 25.9 Å². The highest BCUT2D eigenvalue weighted by atomic mass is 79.9. The lowest BCUT2D eigenvalue weighted by atomic mass is 10.0. The molecular weight excluding hydrogens is 415 g/mol. The van der Waals surface area contributed by atoms with E-state index in [1.165, 1.54) is 6.07 Å². The molecular formula is C21H13BrClFN2. The molecule has 2 heterocycles. The van der Waals surface area contributed by atoms with E-state index >= 15 is 0 Å². The summed E-state index contributed by atoms with van der Waals surface area (Å²) in [7, 11) is 0. The molecule has 0 aliphatic heterocycles.